The predicted octanol–water partition coefficient (Wildman–Crippen LogP) is 3.08. The lowest BCUT2D eigenvalue weighted by Crippen LogP contribution is -2.20. The molecular formula is C17H13N3O. The van der Waals surface area contributed by atoms with Crippen molar-refractivity contribution < 1.29 is 0 Å². The molecule has 2 aromatic carbocycles. The lowest BCUT2D eigenvalue weighted by molar-refractivity contribution is 0.852. The van der Waals surface area contributed by atoms with Gasteiger partial charge in [-0.3, -0.25) is 9.36 Å². The van der Waals surface area contributed by atoms with E-state index in [4.69, 9.17) is 0 Å². The maximum atomic E-state index is 12.4. The molecule has 0 unspecified atom stereocenters. The lowest BCUT2D eigenvalue weighted by Gasteiger charge is -2.07. The van der Waals surface area contributed by atoms with Crippen LogP contribution < -0.4 is 5.56 Å². The summed E-state index contributed by atoms with van der Waals surface area (Å²) in [4.78, 5) is 20.4. The highest BCUT2D eigenvalue weighted by Crippen LogP contribution is 2.22. The molecule has 0 radical (unpaired) electrons. The van der Waals surface area contributed by atoms with Gasteiger partial charge in [-0.25, -0.2) is 4.98 Å². The molecule has 0 aliphatic rings. The molecule has 2 heterocycles. The molecule has 0 amide bonds. The van der Waals surface area contributed by atoms with Gasteiger partial charge in [-0.15, -0.1) is 0 Å². The number of fused-ring (bicyclic) bond motifs is 2. The molecule has 0 saturated heterocycles. The highest BCUT2D eigenvalue weighted by molar-refractivity contribution is 5.86. The molecule has 0 aliphatic carbocycles. The maximum Gasteiger partial charge on any atom is 0.261 e. The van der Waals surface area contributed by atoms with E-state index in [0.29, 0.717) is 16.7 Å². The zero-order valence-corrected chi connectivity index (χ0v) is 11.5. The number of H-pyrrole nitrogens is 1. The van der Waals surface area contributed by atoms with Crippen LogP contribution in [0.4, 0.5) is 0 Å². The van der Waals surface area contributed by atoms with Gasteiger partial charge in [-0.1, -0.05) is 30.3 Å². The third kappa shape index (κ3) is 1.76. The van der Waals surface area contributed by atoms with Gasteiger partial charge in [0.1, 0.15) is 0 Å². The van der Waals surface area contributed by atoms with Crippen LogP contribution in [0.5, 0.6) is 0 Å². The minimum atomic E-state index is -0.0331. The van der Waals surface area contributed by atoms with E-state index in [1.807, 2.05) is 48.5 Å². The number of rotatable bonds is 1. The number of benzene rings is 2. The molecular weight excluding hydrogens is 262 g/mol. The summed E-state index contributed by atoms with van der Waals surface area (Å²) in [7, 11) is 1.75. The van der Waals surface area contributed by atoms with Gasteiger partial charge in [0, 0.05) is 18.0 Å². The minimum Gasteiger partial charge on any atom is -0.352 e. The summed E-state index contributed by atoms with van der Waals surface area (Å²) in [6.45, 7) is 0. The Morgan fingerprint density at radius 1 is 1.05 bits per heavy atom. The van der Waals surface area contributed by atoms with Crippen molar-refractivity contribution in [3.8, 4) is 11.5 Å². The van der Waals surface area contributed by atoms with Crippen LogP contribution in [0.1, 0.15) is 0 Å². The van der Waals surface area contributed by atoms with Crippen LogP contribution in [0.15, 0.2) is 59.4 Å². The van der Waals surface area contributed by atoms with E-state index < -0.39 is 0 Å². The number of aromatic amines is 1. The van der Waals surface area contributed by atoms with E-state index in [-0.39, 0.29) is 5.56 Å². The number of nitrogens with zero attached hydrogens (tertiary/aromatic N) is 2. The monoisotopic (exact) mass is 275 g/mol. The van der Waals surface area contributed by atoms with Crippen LogP contribution in [-0.2, 0) is 7.05 Å². The van der Waals surface area contributed by atoms with Crippen molar-refractivity contribution in [3.63, 3.8) is 0 Å². The standard InChI is InChI=1S/C17H13N3O/c1-20-16(15-10-11-6-2-4-8-13(11)18-15)19-14-9-5-3-7-12(14)17(20)21/h2-10,18H,1H3. The SMILES string of the molecule is Cn1c(-c2cc3ccccc3[nH]2)nc2ccccc2c1=O. The molecule has 1 N–H and O–H groups in total. The summed E-state index contributed by atoms with van der Waals surface area (Å²) in [5, 5.41) is 1.75. The van der Waals surface area contributed by atoms with E-state index in [9.17, 15) is 4.79 Å². The van der Waals surface area contributed by atoms with Crippen LogP contribution in [0, 0.1) is 0 Å². The summed E-state index contributed by atoms with van der Waals surface area (Å²) in [5.41, 5.74) is 2.57. The molecule has 4 aromatic rings. The van der Waals surface area contributed by atoms with E-state index in [2.05, 4.69) is 9.97 Å². The van der Waals surface area contributed by atoms with Crippen molar-refractivity contribution in [1.82, 2.24) is 14.5 Å². The second-order valence-electron chi connectivity index (χ2n) is 5.09. The Kier molecular flexibility index (Phi) is 2.44. The first-order chi connectivity index (χ1) is 10.2. The third-order valence-electron chi connectivity index (χ3n) is 3.75. The van der Waals surface area contributed by atoms with Gasteiger partial charge in [0.05, 0.1) is 16.6 Å². The molecule has 0 bridgehead atoms. The summed E-state index contributed by atoms with van der Waals surface area (Å²) in [6, 6.07) is 17.5. The van der Waals surface area contributed by atoms with Crippen molar-refractivity contribution in [1.29, 1.82) is 0 Å². The molecule has 0 atom stereocenters. The number of nitrogens with one attached hydrogen (secondary N) is 1. The molecule has 4 rings (SSSR count). The molecule has 0 fully saturated rings. The van der Waals surface area contributed by atoms with E-state index in [0.717, 1.165) is 16.6 Å². The normalized spacial score (nSPS) is 11.3. The van der Waals surface area contributed by atoms with Gasteiger partial charge >= 0.3 is 0 Å². The Bertz CT molecular complexity index is 994. The molecule has 0 saturated carbocycles. The van der Waals surface area contributed by atoms with Crippen LogP contribution >= 0.6 is 0 Å². The zero-order valence-electron chi connectivity index (χ0n) is 11.5. The van der Waals surface area contributed by atoms with Crippen molar-refractivity contribution in [3.05, 3.63) is 65.0 Å². The zero-order chi connectivity index (χ0) is 14.4. The average molecular weight is 275 g/mol. The van der Waals surface area contributed by atoms with Crippen molar-refractivity contribution >= 4 is 21.8 Å². The van der Waals surface area contributed by atoms with Gasteiger partial charge in [-0.05, 0) is 24.3 Å². The van der Waals surface area contributed by atoms with Crippen LogP contribution in [0.3, 0.4) is 0 Å². The van der Waals surface area contributed by atoms with Gasteiger partial charge in [-0.2, -0.15) is 0 Å². The fraction of sp³-hybridized carbons (Fsp3) is 0.0588. The van der Waals surface area contributed by atoms with Crippen LogP contribution in [-0.4, -0.2) is 14.5 Å². The minimum absolute atomic E-state index is 0.0331. The largest absolute Gasteiger partial charge is 0.352 e. The summed E-state index contributed by atoms with van der Waals surface area (Å²) >= 11 is 0. The van der Waals surface area contributed by atoms with E-state index in [1.54, 1.807) is 17.7 Å². The maximum absolute atomic E-state index is 12.4. The topological polar surface area (TPSA) is 50.7 Å². The Hall–Kier alpha value is -2.88. The Morgan fingerprint density at radius 3 is 2.67 bits per heavy atom. The predicted molar refractivity (Wildman–Crippen MR) is 84.3 cm³/mol. The van der Waals surface area contributed by atoms with E-state index in [1.165, 1.54) is 0 Å². The Morgan fingerprint density at radius 2 is 1.81 bits per heavy atom. The highest BCUT2D eigenvalue weighted by atomic mass is 16.1. The lowest BCUT2D eigenvalue weighted by atomic mass is 10.2. The van der Waals surface area contributed by atoms with Gasteiger partial charge in [0.15, 0.2) is 5.82 Å². The summed E-state index contributed by atoms with van der Waals surface area (Å²) < 4.78 is 1.59. The van der Waals surface area contributed by atoms with Gasteiger partial charge < -0.3 is 4.98 Å². The van der Waals surface area contributed by atoms with Crippen molar-refractivity contribution in [2.45, 2.75) is 0 Å². The fourth-order valence-corrected chi connectivity index (χ4v) is 2.65. The second-order valence-corrected chi connectivity index (χ2v) is 5.09. The van der Waals surface area contributed by atoms with Crippen molar-refractivity contribution in [2.24, 2.45) is 7.05 Å². The van der Waals surface area contributed by atoms with Gasteiger partial charge in [0.25, 0.3) is 5.56 Å². The number of aromatic nitrogens is 3. The molecule has 4 nitrogen and oxygen atoms in total. The summed E-state index contributed by atoms with van der Waals surface area (Å²) in [6.07, 6.45) is 0. The number of hydrogen-bond acceptors (Lipinski definition) is 2. The summed E-state index contributed by atoms with van der Waals surface area (Å²) in [5.74, 6) is 0.648. The smallest absolute Gasteiger partial charge is 0.261 e. The number of hydrogen-bond donors (Lipinski definition) is 1. The highest BCUT2D eigenvalue weighted by Gasteiger charge is 2.11. The van der Waals surface area contributed by atoms with Crippen molar-refractivity contribution in [2.75, 3.05) is 0 Å². The molecule has 102 valence electrons. The Labute approximate surface area is 120 Å². The number of para-hydroxylation sites is 2. The first-order valence-electron chi connectivity index (χ1n) is 6.78. The molecule has 4 heteroatoms. The molecule has 2 aromatic heterocycles. The first-order valence-corrected chi connectivity index (χ1v) is 6.78. The fourth-order valence-electron chi connectivity index (χ4n) is 2.65. The molecule has 21 heavy (non-hydrogen) atoms. The van der Waals surface area contributed by atoms with E-state index >= 15 is 0 Å². The molecule has 0 spiro atoms. The van der Waals surface area contributed by atoms with Gasteiger partial charge in [0.2, 0.25) is 0 Å². The third-order valence-corrected chi connectivity index (χ3v) is 3.75. The second kappa shape index (κ2) is 4.31. The van der Waals surface area contributed by atoms with Crippen LogP contribution in [0.2, 0.25) is 0 Å². The first kappa shape index (κ1) is 11.9. The molecule has 0 aliphatic heterocycles. The quantitative estimate of drug-likeness (QED) is 0.580. The average Bonchev–Trinajstić information content (AvgIpc) is 2.94. The Balaban J connectivity index is 2.05. The van der Waals surface area contributed by atoms with Crippen LogP contribution in [0.25, 0.3) is 33.3 Å².